The zero-order valence-corrected chi connectivity index (χ0v) is 13.1. The number of rotatable bonds is 6. The summed E-state index contributed by atoms with van der Waals surface area (Å²) in [5.41, 5.74) is 0.987. The van der Waals surface area contributed by atoms with Crippen LogP contribution >= 0.6 is 0 Å². The Hall–Kier alpha value is -0.990. The van der Waals surface area contributed by atoms with Crippen molar-refractivity contribution in [2.75, 3.05) is 20.8 Å². The van der Waals surface area contributed by atoms with Gasteiger partial charge in [0.1, 0.15) is 12.2 Å². The number of ether oxygens (including phenoxy) is 3. The second kappa shape index (κ2) is 6.85. The molecule has 1 fully saturated rings. The van der Waals surface area contributed by atoms with Crippen LogP contribution in [0.15, 0.2) is 29.2 Å². The standard InChI is InChI=1S/C14H20O6S/c1-10-4-6-12(7-5-10)21(15,16)20-11-8-13(19-9-11)14(17-2)18-3/h4-7,11,13-14H,8-9H2,1-3H3/t11-,13+/m0/s1. The van der Waals surface area contributed by atoms with Crippen molar-refractivity contribution in [3.63, 3.8) is 0 Å². The molecule has 0 spiro atoms. The van der Waals surface area contributed by atoms with Crippen LogP contribution in [0.3, 0.4) is 0 Å². The van der Waals surface area contributed by atoms with Crippen molar-refractivity contribution in [1.29, 1.82) is 0 Å². The number of methoxy groups -OCH3 is 2. The van der Waals surface area contributed by atoms with Crippen molar-refractivity contribution >= 4 is 10.1 Å². The van der Waals surface area contributed by atoms with Crippen LogP contribution in [0.5, 0.6) is 0 Å². The van der Waals surface area contributed by atoms with Gasteiger partial charge in [0.25, 0.3) is 10.1 Å². The first kappa shape index (κ1) is 16.4. The first-order chi connectivity index (χ1) is 9.96. The predicted molar refractivity (Wildman–Crippen MR) is 75.4 cm³/mol. The van der Waals surface area contributed by atoms with Gasteiger partial charge in [-0.3, -0.25) is 4.18 Å². The molecule has 1 aliphatic rings. The Bertz CT molecular complexity index is 549. The van der Waals surface area contributed by atoms with E-state index in [2.05, 4.69) is 0 Å². The molecular formula is C14H20O6S. The van der Waals surface area contributed by atoms with Crippen LogP contribution in [0.2, 0.25) is 0 Å². The molecule has 0 N–H and O–H groups in total. The fraction of sp³-hybridized carbons (Fsp3) is 0.571. The molecule has 0 bridgehead atoms. The lowest BCUT2D eigenvalue weighted by molar-refractivity contribution is -0.167. The zero-order chi connectivity index (χ0) is 15.5. The molecule has 6 nitrogen and oxygen atoms in total. The molecule has 0 aromatic heterocycles. The summed E-state index contributed by atoms with van der Waals surface area (Å²) in [5, 5.41) is 0. The van der Waals surface area contributed by atoms with Crippen molar-refractivity contribution in [3.8, 4) is 0 Å². The van der Waals surface area contributed by atoms with Crippen LogP contribution in [-0.2, 0) is 28.5 Å². The van der Waals surface area contributed by atoms with Gasteiger partial charge in [0, 0.05) is 20.6 Å². The largest absolute Gasteiger partial charge is 0.370 e. The summed E-state index contributed by atoms with van der Waals surface area (Å²) in [7, 11) is -0.767. The summed E-state index contributed by atoms with van der Waals surface area (Å²) < 4.78 is 45.3. The Morgan fingerprint density at radius 1 is 1.19 bits per heavy atom. The van der Waals surface area contributed by atoms with Crippen molar-refractivity contribution in [2.45, 2.75) is 36.7 Å². The highest BCUT2D eigenvalue weighted by molar-refractivity contribution is 7.86. The van der Waals surface area contributed by atoms with Crippen LogP contribution < -0.4 is 0 Å². The topological polar surface area (TPSA) is 71.1 Å². The SMILES string of the molecule is COC(OC)[C@H]1C[C@H](OS(=O)(=O)c2ccc(C)cc2)CO1. The molecule has 0 aliphatic carbocycles. The average Bonchev–Trinajstić information content (AvgIpc) is 2.88. The molecule has 21 heavy (non-hydrogen) atoms. The lowest BCUT2D eigenvalue weighted by Gasteiger charge is -2.19. The number of hydrogen-bond donors (Lipinski definition) is 0. The van der Waals surface area contributed by atoms with E-state index in [-0.39, 0.29) is 17.6 Å². The summed E-state index contributed by atoms with van der Waals surface area (Å²) >= 11 is 0. The van der Waals surface area contributed by atoms with Crippen molar-refractivity contribution in [2.24, 2.45) is 0 Å². The van der Waals surface area contributed by atoms with E-state index in [1.54, 1.807) is 12.1 Å². The number of hydrogen-bond acceptors (Lipinski definition) is 6. The van der Waals surface area contributed by atoms with E-state index in [9.17, 15) is 8.42 Å². The molecule has 118 valence electrons. The summed E-state index contributed by atoms with van der Waals surface area (Å²) in [6, 6.07) is 6.53. The van der Waals surface area contributed by atoms with Crippen molar-refractivity contribution in [3.05, 3.63) is 29.8 Å². The molecule has 7 heteroatoms. The molecule has 0 radical (unpaired) electrons. The Labute approximate surface area is 125 Å². The summed E-state index contributed by atoms with van der Waals surface area (Å²) in [5.74, 6) is 0. The van der Waals surface area contributed by atoms with Gasteiger partial charge in [-0.25, -0.2) is 0 Å². The van der Waals surface area contributed by atoms with Crippen molar-refractivity contribution in [1.82, 2.24) is 0 Å². The molecule has 1 aromatic carbocycles. The van der Waals surface area contributed by atoms with Crippen LogP contribution in [0.25, 0.3) is 0 Å². The minimum Gasteiger partial charge on any atom is -0.370 e. The summed E-state index contributed by atoms with van der Waals surface area (Å²) in [6.07, 6.45) is -0.995. The fourth-order valence-corrected chi connectivity index (χ4v) is 3.30. The first-order valence-electron chi connectivity index (χ1n) is 6.63. The van der Waals surface area contributed by atoms with Gasteiger partial charge < -0.3 is 14.2 Å². The first-order valence-corrected chi connectivity index (χ1v) is 8.04. The zero-order valence-electron chi connectivity index (χ0n) is 12.3. The second-order valence-electron chi connectivity index (χ2n) is 4.93. The number of aryl methyl sites for hydroxylation is 1. The molecule has 1 aliphatic heterocycles. The van der Waals surface area contributed by atoms with E-state index in [1.165, 1.54) is 26.4 Å². The molecular weight excluding hydrogens is 296 g/mol. The normalized spacial score (nSPS) is 22.9. The van der Waals surface area contributed by atoms with Crippen LogP contribution in [0.1, 0.15) is 12.0 Å². The third-order valence-electron chi connectivity index (χ3n) is 3.33. The molecule has 2 atom stereocenters. The lowest BCUT2D eigenvalue weighted by Crippen LogP contribution is -2.29. The number of benzene rings is 1. The van der Waals surface area contributed by atoms with Gasteiger partial charge in [-0.1, -0.05) is 17.7 Å². The predicted octanol–water partition coefficient (Wildman–Crippen LogP) is 1.48. The minimum atomic E-state index is -3.78. The smallest absolute Gasteiger partial charge is 0.297 e. The Morgan fingerprint density at radius 3 is 2.38 bits per heavy atom. The van der Waals surface area contributed by atoms with E-state index in [1.807, 2.05) is 6.92 Å². The average molecular weight is 316 g/mol. The molecule has 0 amide bonds. The maximum absolute atomic E-state index is 12.2. The maximum Gasteiger partial charge on any atom is 0.297 e. The van der Waals surface area contributed by atoms with Crippen molar-refractivity contribution < 1.29 is 26.8 Å². The molecule has 0 saturated carbocycles. The monoisotopic (exact) mass is 316 g/mol. The Morgan fingerprint density at radius 2 is 1.81 bits per heavy atom. The second-order valence-corrected chi connectivity index (χ2v) is 6.50. The van der Waals surface area contributed by atoms with Gasteiger partial charge in [0.15, 0.2) is 6.29 Å². The van der Waals surface area contributed by atoms with E-state index in [0.29, 0.717) is 6.42 Å². The van der Waals surface area contributed by atoms with E-state index >= 15 is 0 Å². The highest BCUT2D eigenvalue weighted by Crippen LogP contribution is 2.24. The van der Waals surface area contributed by atoms with Gasteiger partial charge in [0.2, 0.25) is 0 Å². The fourth-order valence-electron chi connectivity index (χ4n) is 2.22. The van der Waals surface area contributed by atoms with Crippen LogP contribution in [-0.4, -0.2) is 47.7 Å². The Kier molecular flexibility index (Phi) is 5.34. The molecule has 1 saturated heterocycles. The van der Waals surface area contributed by atoms with E-state index in [4.69, 9.17) is 18.4 Å². The van der Waals surface area contributed by atoms with Crippen LogP contribution in [0.4, 0.5) is 0 Å². The van der Waals surface area contributed by atoms with E-state index in [0.717, 1.165) is 5.56 Å². The Balaban J connectivity index is 2.00. The minimum absolute atomic E-state index is 0.145. The van der Waals surface area contributed by atoms with Gasteiger partial charge in [-0.2, -0.15) is 8.42 Å². The third kappa shape index (κ3) is 4.02. The molecule has 1 heterocycles. The van der Waals surface area contributed by atoms with Gasteiger partial charge in [-0.15, -0.1) is 0 Å². The van der Waals surface area contributed by atoms with Gasteiger partial charge >= 0.3 is 0 Å². The summed E-state index contributed by atoms with van der Waals surface area (Å²) in [4.78, 5) is 0.145. The van der Waals surface area contributed by atoms with Gasteiger partial charge in [0.05, 0.1) is 11.5 Å². The molecule has 2 rings (SSSR count). The van der Waals surface area contributed by atoms with Gasteiger partial charge in [-0.05, 0) is 19.1 Å². The highest BCUT2D eigenvalue weighted by Gasteiger charge is 2.35. The maximum atomic E-state index is 12.2. The highest BCUT2D eigenvalue weighted by atomic mass is 32.2. The summed E-state index contributed by atoms with van der Waals surface area (Å²) in [6.45, 7) is 2.08. The third-order valence-corrected chi connectivity index (χ3v) is 4.71. The lowest BCUT2D eigenvalue weighted by atomic mass is 10.2. The molecule has 1 aromatic rings. The molecule has 0 unspecified atom stereocenters. The van der Waals surface area contributed by atoms with E-state index < -0.39 is 22.5 Å². The quantitative estimate of drug-likeness (QED) is 0.585. The van der Waals surface area contributed by atoms with Crippen LogP contribution in [0, 0.1) is 6.92 Å².